The first-order valence-electron chi connectivity index (χ1n) is 26.2. The van der Waals surface area contributed by atoms with E-state index in [0.29, 0.717) is 37.0 Å². The third-order valence-electron chi connectivity index (χ3n) is 16.5. The molecule has 4 aromatic rings. The zero-order valence-electron chi connectivity index (χ0n) is 42.6. The second-order valence-corrected chi connectivity index (χ2v) is 33.1. The highest BCUT2D eigenvalue weighted by Crippen LogP contribution is 2.43. The van der Waals surface area contributed by atoms with E-state index in [1.807, 2.05) is 0 Å². The Kier molecular flexibility index (Phi) is 14.6. The number of rotatable bonds is 12. The van der Waals surface area contributed by atoms with Gasteiger partial charge in [0, 0.05) is 69.5 Å². The standard InChI is InChI=1S/C22H30N6O2S.C20H29ClN4O3SSi.C8H16N2/c1-27-10-8-22(13-27)9-11-28(14-22)31(29,30)21-24-20(25-26-21)23-19-17-6-2-4-15(17)12-16-5-3-7-18(16)19;1-30(2,3)11-10-28-13-25-19(23-20(24-25)29(21,26)27)22-18-16-8-4-6-14(16)12-15-7-5-9-17(15)18;1-10-5-3-8(7-10)2-4-9-6-8/h12H,2-11,13-14H2,1H3,(H2,23,24,25,26);12H,4-11,13H2,1-3H3,(H,22,23,24);9H,2-7H2,1H3. The third-order valence-corrected chi connectivity index (χ3v) is 20.9. The molecule has 4 saturated heterocycles. The molecule has 2 atom stereocenters. The number of nitrogens with one attached hydrogen (secondary N) is 4. The molecular formula is C50H75ClN12O5S2Si. The van der Waals surface area contributed by atoms with Gasteiger partial charge in [0.25, 0.3) is 29.4 Å². The average molecular weight is 1050 g/mol. The number of aromatic amines is 1. The maximum Gasteiger partial charge on any atom is 0.298 e. The van der Waals surface area contributed by atoms with Crippen molar-refractivity contribution in [3.8, 4) is 0 Å². The van der Waals surface area contributed by atoms with Crippen LogP contribution in [0.5, 0.6) is 0 Å². The highest BCUT2D eigenvalue weighted by atomic mass is 35.7. The molecule has 4 N–H and O–H groups in total. The number of H-pyrrole nitrogens is 1. The van der Waals surface area contributed by atoms with Crippen LogP contribution in [0.25, 0.3) is 0 Å². The summed E-state index contributed by atoms with van der Waals surface area (Å²) in [5.41, 5.74) is 14.0. The van der Waals surface area contributed by atoms with Gasteiger partial charge >= 0.3 is 0 Å². The van der Waals surface area contributed by atoms with Crippen LogP contribution in [0.2, 0.25) is 25.7 Å². The van der Waals surface area contributed by atoms with Crippen molar-refractivity contribution < 1.29 is 21.6 Å². The van der Waals surface area contributed by atoms with Gasteiger partial charge in [-0.15, -0.1) is 10.2 Å². The number of benzene rings is 2. The number of fused-ring (bicyclic) bond motifs is 4. The Bertz CT molecular complexity index is 2780. The van der Waals surface area contributed by atoms with Crippen molar-refractivity contribution in [1.29, 1.82) is 0 Å². The molecule has 2 aromatic heterocycles. The zero-order chi connectivity index (χ0) is 49.8. The molecule has 17 nitrogen and oxygen atoms in total. The highest BCUT2D eigenvalue weighted by Gasteiger charge is 2.47. The van der Waals surface area contributed by atoms with Crippen molar-refractivity contribution in [3.05, 3.63) is 56.6 Å². The maximum atomic E-state index is 13.2. The Labute approximate surface area is 426 Å². The van der Waals surface area contributed by atoms with Crippen LogP contribution in [0.4, 0.5) is 23.3 Å². The van der Waals surface area contributed by atoms with E-state index < -0.39 is 32.3 Å². The fourth-order valence-electron chi connectivity index (χ4n) is 12.7. The van der Waals surface area contributed by atoms with Crippen molar-refractivity contribution in [3.63, 3.8) is 0 Å². The van der Waals surface area contributed by atoms with Crippen molar-refractivity contribution in [1.82, 2.24) is 49.4 Å². The summed E-state index contributed by atoms with van der Waals surface area (Å²) in [4.78, 5) is 13.3. The quantitative estimate of drug-likeness (QED) is 0.0659. The van der Waals surface area contributed by atoms with Crippen molar-refractivity contribution in [2.24, 2.45) is 10.8 Å². The molecule has 0 amide bonds. The Balaban J connectivity index is 0.000000137. The van der Waals surface area contributed by atoms with E-state index in [1.165, 1.54) is 101 Å². The Hall–Kier alpha value is -3.47. The van der Waals surface area contributed by atoms with Gasteiger partial charge in [-0.1, -0.05) is 31.8 Å². The Morgan fingerprint density at radius 1 is 0.718 bits per heavy atom. The number of likely N-dealkylation sites (tertiary alicyclic amines) is 2. The molecule has 71 heavy (non-hydrogen) atoms. The summed E-state index contributed by atoms with van der Waals surface area (Å²) in [6.07, 6.45) is 18.0. The summed E-state index contributed by atoms with van der Waals surface area (Å²) in [5, 5.41) is 20.9. The molecule has 8 aliphatic rings. The molecule has 2 spiro atoms. The van der Waals surface area contributed by atoms with Crippen LogP contribution in [-0.2, 0) is 81.9 Å². The van der Waals surface area contributed by atoms with E-state index in [9.17, 15) is 16.8 Å². The molecule has 388 valence electrons. The summed E-state index contributed by atoms with van der Waals surface area (Å²) >= 11 is 0. The van der Waals surface area contributed by atoms with Gasteiger partial charge in [0.1, 0.15) is 6.73 Å². The summed E-state index contributed by atoms with van der Waals surface area (Å²) in [7, 11) is 0.942. The molecule has 4 aliphatic heterocycles. The smallest absolute Gasteiger partial charge is 0.298 e. The topological polar surface area (TPSA) is 196 Å². The zero-order valence-corrected chi connectivity index (χ0v) is 45.9. The first-order valence-corrected chi connectivity index (χ1v) is 33.7. The largest absolute Gasteiger partial charge is 0.359 e. The van der Waals surface area contributed by atoms with Gasteiger partial charge in [0.2, 0.25) is 11.9 Å². The lowest BCUT2D eigenvalue weighted by Crippen LogP contribution is -2.34. The van der Waals surface area contributed by atoms with Crippen LogP contribution in [0.1, 0.15) is 95.9 Å². The summed E-state index contributed by atoms with van der Waals surface area (Å²) in [6, 6.07) is 5.76. The van der Waals surface area contributed by atoms with Gasteiger partial charge in [0.15, 0.2) is 0 Å². The number of hydrogen-bond acceptors (Lipinski definition) is 14. The van der Waals surface area contributed by atoms with Gasteiger partial charge in [-0.05, 0) is 198 Å². The van der Waals surface area contributed by atoms with Crippen LogP contribution in [0, 0.1) is 10.8 Å². The molecule has 2 unspecified atom stereocenters. The number of nitrogens with zero attached hydrogens (tertiary/aromatic N) is 8. The van der Waals surface area contributed by atoms with E-state index in [4.69, 9.17) is 15.4 Å². The van der Waals surface area contributed by atoms with E-state index >= 15 is 0 Å². The first kappa shape index (κ1) is 51.0. The number of sulfonamides is 1. The maximum absolute atomic E-state index is 13.2. The van der Waals surface area contributed by atoms with Crippen molar-refractivity contribution in [2.45, 2.75) is 145 Å². The normalized spacial score (nSPS) is 24.0. The SMILES string of the molecule is CN1CCC2(CCN(S(=O)(=O)c3nc(Nc4c5c(cc6c4CCC6)CCC5)n[nH]3)C2)C1.CN1CCC2(CCNC2)C1.C[Si](C)(C)CCOCn1nc(S(=O)(=O)Cl)nc1Nc1c2c(cc3c1CCC3)CCC2. The lowest BCUT2D eigenvalue weighted by Gasteiger charge is -2.23. The molecule has 6 heterocycles. The van der Waals surface area contributed by atoms with Gasteiger partial charge in [-0.25, -0.2) is 26.6 Å². The molecule has 0 saturated carbocycles. The molecular weight excluding hydrogens is 976 g/mol. The third kappa shape index (κ3) is 11.2. The van der Waals surface area contributed by atoms with Crippen LogP contribution >= 0.6 is 10.7 Å². The molecule has 2 aromatic carbocycles. The minimum atomic E-state index is -4.03. The molecule has 4 aliphatic carbocycles. The fraction of sp³-hybridized carbons (Fsp3) is 0.680. The number of anilines is 4. The highest BCUT2D eigenvalue weighted by molar-refractivity contribution is 8.13. The second kappa shape index (κ2) is 20.3. The molecule has 21 heteroatoms. The fourth-order valence-corrected chi connectivity index (χ4v) is 15.5. The van der Waals surface area contributed by atoms with Gasteiger partial charge in [-0.2, -0.15) is 14.3 Å². The van der Waals surface area contributed by atoms with Crippen LogP contribution in [-0.4, -0.2) is 142 Å². The second-order valence-electron chi connectivity index (χ2n) is 23.2. The van der Waals surface area contributed by atoms with Gasteiger partial charge in [-0.3, -0.25) is 0 Å². The van der Waals surface area contributed by atoms with Crippen LogP contribution in [0.15, 0.2) is 22.4 Å². The molecule has 12 rings (SSSR count). The number of ether oxygens (including phenoxy) is 1. The number of aromatic nitrogens is 6. The number of aryl methyl sites for hydroxylation is 4. The molecule has 4 fully saturated rings. The predicted molar refractivity (Wildman–Crippen MR) is 281 cm³/mol. The van der Waals surface area contributed by atoms with Gasteiger partial charge in [0.05, 0.1) is 0 Å². The van der Waals surface area contributed by atoms with E-state index in [1.54, 1.807) is 4.31 Å². The van der Waals surface area contributed by atoms with Crippen LogP contribution < -0.4 is 16.0 Å². The number of hydrogen-bond donors (Lipinski definition) is 4. The summed E-state index contributed by atoms with van der Waals surface area (Å²) in [6.45, 7) is 15.9. The van der Waals surface area contributed by atoms with E-state index in [-0.39, 0.29) is 17.3 Å². The van der Waals surface area contributed by atoms with Crippen molar-refractivity contribution in [2.75, 3.05) is 83.7 Å². The van der Waals surface area contributed by atoms with Crippen LogP contribution in [0.3, 0.4) is 0 Å². The minimum Gasteiger partial charge on any atom is -0.359 e. The summed E-state index contributed by atoms with van der Waals surface area (Å²) < 4.78 is 59.1. The van der Waals surface area contributed by atoms with E-state index in [0.717, 1.165) is 108 Å². The van der Waals surface area contributed by atoms with Crippen molar-refractivity contribution >= 4 is 61.1 Å². The lowest BCUT2D eigenvalue weighted by molar-refractivity contribution is 0.0792. The first-order chi connectivity index (χ1) is 33.9. The predicted octanol–water partition coefficient (Wildman–Crippen LogP) is 6.78. The average Bonchev–Trinajstić information content (AvgIpc) is 4.16. The van der Waals surface area contributed by atoms with E-state index in [2.05, 4.69) is 96.9 Å². The monoisotopic (exact) mass is 1050 g/mol. The Morgan fingerprint density at radius 2 is 1.27 bits per heavy atom. The number of halogens is 1. The minimum absolute atomic E-state index is 0.0531. The summed E-state index contributed by atoms with van der Waals surface area (Å²) in [5.74, 6) is 0.708. The lowest BCUT2D eigenvalue weighted by atomic mass is 9.87. The molecule has 0 radical (unpaired) electrons. The molecule has 0 bridgehead atoms. The Morgan fingerprint density at radius 3 is 1.77 bits per heavy atom. The van der Waals surface area contributed by atoms with Gasteiger partial charge < -0.3 is 30.5 Å².